The van der Waals surface area contributed by atoms with Gasteiger partial charge in [-0.05, 0) is 42.8 Å². The number of hydrogen-bond acceptors (Lipinski definition) is 4. The van der Waals surface area contributed by atoms with E-state index < -0.39 is 16.0 Å². The molecular weight excluding hydrogens is 360 g/mol. The number of nitrogens with one attached hydrogen (secondary N) is 1. The predicted molar refractivity (Wildman–Crippen MR) is 80.9 cm³/mol. The number of carboxylic acid groups (broad SMARTS) is 1. The van der Waals surface area contributed by atoms with Gasteiger partial charge in [0.1, 0.15) is 0 Å². The SMILES string of the molecule is Cc1cc(Br)ccc1NS(=O)(=O)c1ccc(C(=O)O)cn1. The van der Waals surface area contributed by atoms with Crippen LogP contribution in [0.25, 0.3) is 0 Å². The van der Waals surface area contributed by atoms with Crippen molar-refractivity contribution in [1.29, 1.82) is 0 Å². The summed E-state index contributed by atoms with van der Waals surface area (Å²) >= 11 is 3.30. The summed E-state index contributed by atoms with van der Waals surface area (Å²) in [5.74, 6) is -1.16. The van der Waals surface area contributed by atoms with Crippen LogP contribution in [0.2, 0.25) is 0 Å². The Hall–Kier alpha value is -1.93. The van der Waals surface area contributed by atoms with E-state index in [1.54, 1.807) is 25.1 Å². The number of benzene rings is 1. The van der Waals surface area contributed by atoms with Crippen molar-refractivity contribution in [2.75, 3.05) is 4.72 Å². The van der Waals surface area contributed by atoms with Crippen LogP contribution in [0.1, 0.15) is 15.9 Å². The third-order valence-electron chi connectivity index (χ3n) is 2.69. The smallest absolute Gasteiger partial charge is 0.337 e. The van der Waals surface area contributed by atoms with Gasteiger partial charge in [-0.1, -0.05) is 15.9 Å². The van der Waals surface area contributed by atoms with E-state index in [1.807, 2.05) is 0 Å². The molecule has 21 heavy (non-hydrogen) atoms. The highest BCUT2D eigenvalue weighted by atomic mass is 79.9. The summed E-state index contributed by atoms with van der Waals surface area (Å²) in [5.41, 5.74) is 1.10. The number of aryl methyl sites for hydroxylation is 1. The average molecular weight is 371 g/mol. The van der Waals surface area contributed by atoms with Crippen molar-refractivity contribution in [3.05, 3.63) is 52.1 Å². The third-order valence-corrected chi connectivity index (χ3v) is 4.47. The first-order valence-corrected chi connectivity index (χ1v) is 8.05. The molecule has 0 aliphatic rings. The molecular formula is C13H11BrN2O4S. The highest BCUT2D eigenvalue weighted by molar-refractivity contribution is 9.10. The molecule has 1 aromatic heterocycles. The lowest BCUT2D eigenvalue weighted by Crippen LogP contribution is -2.15. The minimum atomic E-state index is -3.86. The molecule has 0 unspecified atom stereocenters. The van der Waals surface area contributed by atoms with Crippen LogP contribution in [0, 0.1) is 6.92 Å². The number of pyridine rings is 1. The summed E-state index contributed by atoms with van der Waals surface area (Å²) < 4.78 is 27.6. The van der Waals surface area contributed by atoms with E-state index in [1.165, 1.54) is 6.07 Å². The van der Waals surface area contributed by atoms with Gasteiger partial charge in [0.05, 0.1) is 11.3 Å². The standard InChI is InChI=1S/C13H11BrN2O4S/c1-8-6-10(14)3-4-11(8)16-21(19,20)12-5-2-9(7-15-12)13(17)18/h2-7,16H,1H3,(H,17,18). The Morgan fingerprint density at radius 1 is 1.29 bits per heavy atom. The molecule has 0 aliphatic heterocycles. The van der Waals surface area contributed by atoms with Gasteiger partial charge in [-0.3, -0.25) is 4.72 Å². The second-order valence-corrected chi connectivity index (χ2v) is 6.80. The van der Waals surface area contributed by atoms with Gasteiger partial charge < -0.3 is 5.11 Å². The van der Waals surface area contributed by atoms with Crippen molar-refractivity contribution in [2.45, 2.75) is 11.9 Å². The second-order valence-electron chi connectivity index (χ2n) is 4.26. The lowest BCUT2D eigenvalue weighted by molar-refractivity contribution is 0.0696. The molecule has 0 saturated heterocycles. The summed E-state index contributed by atoms with van der Waals surface area (Å²) in [6.45, 7) is 1.77. The van der Waals surface area contributed by atoms with Crippen molar-refractivity contribution in [3.63, 3.8) is 0 Å². The van der Waals surface area contributed by atoms with Crippen LogP contribution in [0.3, 0.4) is 0 Å². The van der Waals surface area contributed by atoms with E-state index in [9.17, 15) is 13.2 Å². The fourth-order valence-corrected chi connectivity index (χ4v) is 3.14. The van der Waals surface area contributed by atoms with Crippen LogP contribution in [0.5, 0.6) is 0 Å². The Balaban J connectivity index is 2.31. The van der Waals surface area contributed by atoms with E-state index in [2.05, 4.69) is 25.6 Å². The molecule has 0 aliphatic carbocycles. The number of carboxylic acids is 1. The number of hydrogen-bond donors (Lipinski definition) is 2. The minimum absolute atomic E-state index is 0.0752. The molecule has 2 N–H and O–H groups in total. The van der Waals surface area contributed by atoms with E-state index in [0.717, 1.165) is 22.3 Å². The Morgan fingerprint density at radius 2 is 2.00 bits per heavy atom. The Morgan fingerprint density at radius 3 is 2.52 bits per heavy atom. The van der Waals surface area contributed by atoms with Gasteiger partial charge in [0.15, 0.2) is 5.03 Å². The van der Waals surface area contributed by atoms with Gasteiger partial charge in [0.2, 0.25) is 0 Å². The van der Waals surface area contributed by atoms with E-state index >= 15 is 0 Å². The van der Waals surface area contributed by atoms with Gasteiger partial charge in [0.25, 0.3) is 10.0 Å². The predicted octanol–water partition coefficient (Wildman–Crippen LogP) is 2.65. The highest BCUT2D eigenvalue weighted by Crippen LogP contribution is 2.22. The first-order valence-electron chi connectivity index (χ1n) is 5.78. The zero-order valence-electron chi connectivity index (χ0n) is 10.9. The van der Waals surface area contributed by atoms with Crippen molar-refractivity contribution in [2.24, 2.45) is 0 Å². The Labute approximate surface area is 130 Å². The monoisotopic (exact) mass is 370 g/mol. The molecule has 1 aromatic carbocycles. The van der Waals surface area contributed by atoms with Gasteiger partial charge in [-0.15, -0.1) is 0 Å². The number of sulfonamides is 1. The molecule has 0 radical (unpaired) electrons. The van der Waals surface area contributed by atoms with E-state index in [0.29, 0.717) is 5.69 Å². The maximum absolute atomic E-state index is 12.2. The fraction of sp³-hybridized carbons (Fsp3) is 0.0769. The number of aromatic nitrogens is 1. The van der Waals surface area contributed by atoms with E-state index in [4.69, 9.17) is 5.11 Å². The summed E-state index contributed by atoms with van der Waals surface area (Å²) in [6, 6.07) is 7.46. The lowest BCUT2D eigenvalue weighted by atomic mass is 10.2. The Kier molecular flexibility index (Phi) is 4.29. The average Bonchev–Trinajstić information content (AvgIpc) is 2.42. The molecule has 2 rings (SSSR count). The largest absolute Gasteiger partial charge is 0.478 e. The molecule has 0 spiro atoms. The van der Waals surface area contributed by atoms with Gasteiger partial charge in [-0.2, -0.15) is 8.42 Å². The fourth-order valence-electron chi connectivity index (χ4n) is 1.60. The van der Waals surface area contributed by atoms with Crippen molar-refractivity contribution in [3.8, 4) is 0 Å². The molecule has 0 fully saturated rings. The molecule has 0 bridgehead atoms. The normalized spacial score (nSPS) is 11.1. The van der Waals surface area contributed by atoms with Crippen LogP contribution >= 0.6 is 15.9 Å². The van der Waals surface area contributed by atoms with Crippen molar-refractivity contribution < 1.29 is 18.3 Å². The molecule has 0 saturated carbocycles. The van der Waals surface area contributed by atoms with E-state index in [-0.39, 0.29) is 10.6 Å². The first kappa shape index (κ1) is 15.5. The lowest BCUT2D eigenvalue weighted by Gasteiger charge is -2.10. The summed E-state index contributed by atoms with van der Waals surface area (Å²) in [4.78, 5) is 14.4. The number of carbonyl (C=O) groups is 1. The molecule has 6 nitrogen and oxygen atoms in total. The van der Waals surface area contributed by atoms with Crippen LogP contribution in [0.4, 0.5) is 5.69 Å². The quantitative estimate of drug-likeness (QED) is 0.862. The topological polar surface area (TPSA) is 96.4 Å². The van der Waals surface area contributed by atoms with Gasteiger partial charge >= 0.3 is 5.97 Å². The van der Waals surface area contributed by atoms with Crippen LogP contribution in [-0.4, -0.2) is 24.5 Å². The Bertz CT molecular complexity index is 788. The highest BCUT2D eigenvalue weighted by Gasteiger charge is 2.17. The zero-order valence-corrected chi connectivity index (χ0v) is 13.3. The van der Waals surface area contributed by atoms with Crippen molar-refractivity contribution >= 4 is 37.6 Å². The first-order chi connectivity index (χ1) is 9.79. The molecule has 8 heteroatoms. The summed E-state index contributed by atoms with van der Waals surface area (Å²) in [7, 11) is -3.86. The molecule has 0 amide bonds. The minimum Gasteiger partial charge on any atom is -0.478 e. The van der Waals surface area contributed by atoms with Crippen molar-refractivity contribution in [1.82, 2.24) is 4.98 Å². The van der Waals surface area contributed by atoms with Gasteiger partial charge in [0, 0.05) is 10.7 Å². The number of anilines is 1. The van der Waals surface area contributed by atoms with Crippen LogP contribution in [-0.2, 0) is 10.0 Å². The summed E-state index contributed by atoms with van der Waals surface area (Å²) in [6.07, 6.45) is 1.01. The second kappa shape index (κ2) is 5.82. The zero-order chi connectivity index (χ0) is 15.6. The molecule has 110 valence electrons. The molecule has 0 atom stereocenters. The maximum Gasteiger partial charge on any atom is 0.337 e. The van der Waals surface area contributed by atoms with Crippen LogP contribution < -0.4 is 4.72 Å². The molecule has 2 aromatic rings. The number of nitrogens with zero attached hydrogens (tertiary/aromatic N) is 1. The number of aromatic carboxylic acids is 1. The maximum atomic E-state index is 12.2. The van der Waals surface area contributed by atoms with Crippen LogP contribution in [0.15, 0.2) is 46.0 Å². The third kappa shape index (κ3) is 3.59. The summed E-state index contributed by atoms with van der Waals surface area (Å²) in [5, 5.41) is 8.53. The number of halogens is 1. The van der Waals surface area contributed by atoms with Gasteiger partial charge in [-0.25, -0.2) is 9.78 Å². The number of rotatable bonds is 4. The molecule has 1 heterocycles.